The molecule has 0 radical (unpaired) electrons. The predicted molar refractivity (Wildman–Crippen MR) is 86.9 cm³/mol. The first-order chi connectivity index (χ1) is 10.2. The van der Waals surface area contributed by atoms with Gasteiger partial charge in [0.15, 0.2) is 0 Å². The van der Waals surface area contributed by atoms with E-state index in [0.717, 1.165) is 31.1 Å². The molecule has 3 heteroatoms. The maximum atomic E-state index is 13.8. The number of halogens is 1. The molecule has 1 atom stereocenters. The Morgan fingerprint density at radius 3 is 2.67 bits per heavy atom. The third-order valence-corrected chi connectivity index (χ3v) is 4.82. The van der Waals surface area contributed by atoms with Crippen LogP contribution < -0.4 is 5.32 Å². The molecule has 1 aliphatic rings. The van der Waals surface area contributed by atoms with Gasteiger partial charge in [0.1, 0.15) is 5.82 Å². The summed E-state index contributed by atoms with van der Waals surface area (Å²) in [6.07, 6.45) is 6.98. The van der Waals surface area contributed by atoms with E-state index >= 15 is 0 Å². The van der Waals surface area contributed by atoms with Crippen LogP contribution in [-0.4, -0.2) is 31.6 Å². The van der Waals surface area contributed by atoms with Gasteiger partial charge >= 0.3 is 0 Å². The molecular formula is C18H29FN2. The highest BCUT2D eigenvalue weighted by atomic mass is 19.1. The van der Waals surface area contributed by atoms with Crippen molar-refractivity contribution in [1.82, 2.24) is 10.2 Å². The Balaban J connectivity index is 1.69. The van der Waals surface area contributed by atoms with Crippen LogP contribution in [0.25, 0.3) is 0 Å². The van der Waals surface area contributed by atoms with E-state index in [1.807, 2.05) is 12.1 Å². The van der Waals surface area contributed by atoms with E-state index in [1.54, 1.807) is 12.1 Å². The molecule has 0 spiro atoms. The van der Waals surface area contributed by atoms with Gasteiger partial charge in [-0.15, -0.1) is 0 Å². The average Bonchev–Trinajstić information content (AvgIpc) is 2.52. The van der Waals surface area contributed by atoms with Gasteiger partial charge in [-0.2, -0.15) is 0 Å². The van der Waals surface area contributed by atoms with Gasteiger partial charge in [-0.1, -0.05) is 37.5 Å². The molecule has 0 saturated heterocycles. The fraction of sp³-hybridized carbons (Fsp3) is 0.667. The minimum absolute atomic E-state index is 0.105. The van der Waals surface area contributed by atoms with Gasteiger partial charge in [-0.3, -0.25) is 4.90 Å². The standard InChI is InChI=1S/C18H29FN2/c1-15(17-10-6-7-11-18(17)19)21(2)13-12-20-14-16-8-4-3-5-9-16/h6-7,10-11,15-16,20H,3-5,8-9,12-14H2,1-2H3. The Bertz CT molecular complexity index is 415. The van der Waals surface area contributed by atoms with Crippen LogP contribution in [0.15, 0.2) is 24.3 Å². The van der Waals surface area contributed by atoms with Gasteiger partial charge in [0.05, 0.1) is 0 Å². The molecule has 2 nitrogen and oxygen atoms in total. The quantitative estimate of drug-likeness (QED) is 0.765. The molecule has 1 aliphatic carbocycles. The molecule has 0 aromatic heterocycles. The highest BCUT2D eigenvalue weighted by molar-refractivity contribution is 5.20. The molecule has 0 aliphatic heterocycles. The fourth-order valence-corrected chi connectivity index (χ4v) is 3.20. The van der Waals surface area contributed by atoms with Crippen molar-refractivity contribution >= 4 is 0 Å². The second kappa shape index (κ2) is 8.50. The zero-order valence-electron chi connectivity index (χ0n) is 13.4. The second-order valence-corrected chi connectivity index (χ2v) is 6.39. The van der Waals surface area contributed by atoms with Crippen molar-refractivity contribution in [2.24, 2.45) is 5.92 Å². The van der Waals surface area contributed by atoms with Crippen molar-refractivity contribution in [1.29, 1.82) is 0 Å². The summed E-state index contributed by atoms with van der Waals surface area (Å²) in [6.45, 7) is 5.13. The summed E-state index contributed by atoms with van der Waals surface area (Å²) in [5.74, 6) is 0.764. The molecule has 1 N–H and O–H groups in total. The molecule has 1 fully saturated rings. The molecule has 1 saturated carbocycles. The van der Waals surface area contributed by atoms with E-state index in [-0.39, 0.29) is 11.9 Å². The third kappa shape index (κ3) is 5.08. The number of hydrogen-bond donors (Lipinski definition) is 1. The average molecular weight is 292 g/mol. The monoisotopic (exact) mass is 292 g/mol. The van der Waals surface area contributed by atoms with E-state index in [4.69, 9.17) is 0 Å². The second-order valence-electron chi connectivity index (χ2n) is 6.39. The minimum Gasteiger partial charge on any atom is -0.315 e. The molecule has 0 bridgehead atoms. The molecule has 0 heterocycles. The van der Waals surface area contributed by atoms with Crippen molar-refractivity contribution in [3.8, 4) is 0 Å². The molecule has 21 heavy (non-hydrogen) atoms. The van der Waals surface area contributed by atoms with Crippen LogP contribution in [0.4, 0.5) is 4.39 Å². The van der Waals surface area contributed by atoms with Gasteiger partial charge in [-0.05, 0) is 45.3 Å². The van der Waals surface area contributed by atoms with Crippen LogP contribution in [0.1, 0.15) is 50.6 Å². The van der Waals surface area contributed by atoms with Crippen molar-refractivity contribution in [3.63, 3.8) is 0 Å². The minimum atomic E-state index is -0.105. The molecular weight excluding hydrogens is 263 g/mol. The van der Waals surface area contributed by atoms with Crippen LogP contribution in [0.2, 0.25) is 0 Å². The van der Waals surface area contributed by atoms with Gasteiger partial charge < -0.3 is 5.32 Å². The Hall–Kier alpha value is -0.930. The van der Waals surface area contributed by atoms with Gasteiger partial charge in [-0.25, -0.2) is 4.39 Å². The zero-order valence-corrected chi connectivity index (χ0v) is 13.4. The van der Waals surface area contributed by atoms with Crippen molar-refractivity contribution in [2.45, 2.75) is 45.1 Å². The summed E-state index contributed by atoms with van der Waals surface area (Å²) in [5.41, 5.74) is 0.785. The summed E-state index contributed by atoms with van der Waals surface area (Å²) >= 11 is 0. The first-order valence-corrected chi connectivity index (χ1v) is 8.34. The number of nitrogens with one attached hydrogen (secondary N) is 1. The molecule has 2 rings (SSSR count). The lowest BCUT2D eigenvalue weighted by Crippen LogP contribution is -2.34. The Kier molecular flexibility index (Phi) is 6.65. The SMILES string of the molecule is CC(c1ccccc1F)N(C)CCNCC1CCCCC1. The highest BCUT2D eigenvalue weighted by Crippen LogP contribution is 2.23. The maximum absolute atomic E-state index is 13.8. The number of hydrogen-bond acceptors (Lipinski definition) is 2. The van der Waals surface area contributed by atoms with Gasteiger partial charge in [0.2, 0.25) is 0 Å². The number of rotatable bonds is 7. The lowest BCUT2D eigenvalue weighted by molar-refractivity contribution is 0.250. The van der Waals surface area contributed by atoms with Crippen LogP contribution in [-0.2, 0) is 0 Å². The topological polar surface area (TPSA) is 15.3 Å². The van der Waals surface area contributed by atoms with Crippen LogP contribution >= 0.6 is 0 Å². The van der Waals surface area contributed by atoms with Gasteiger partial charge in [0.25, 0.3) is 0 Å². The number of likely N-dealkylation sites (N-methyl/N-ethyl adjacent to an activating group) is 1. The third-order valence-electron chi connectivity index (χ3n) is 4.82. The molecule has 1 aromatic carbocycles. The first kappa shape index (κ1) is 16.4. The van der Waals surface area contributed by atoms with Crippen LogP contribution in [0.3, 0.4) is 0 Å². The normalized spacial score (nSPS) is 18.1. The summed E-state index contributed by atoms with van der Waals surface area (Å²) < 4.78 is 13.8. The molecule has 0 amide bonds. The van der Waals surface area contributed by atoms with Crippen LogP contribution in [0.5, 0.6) is 0 Å². The van der Waals surface area contributed by atoms with E-state index in [2.05, 4.69) is 24.2 Å². The summed E-state index contributed by atoms with van der Waals surface area (Å²) in [4.78, 5) is 2.21. The molecule has 1 aromatic rings. The van der Waals surface area contributed by atoms with Gasteiger partial charge in [0, 0.05) is 24.7 Å². The summed E-state index contributed by atoms with van der Waals surface area (Å²) in [6, 6.07) is 7.19. The number of nitrogens with zero attached hydrogens (tertiary/aromatic N) is 1. The van der Waals surface area contributed by atoms with Crippen molar-refractivity contribution in [3.05, 3.63) is 35.6 Å². The van der Waals surface area contributed by atoms with Crippen molar-refractivity contribution in [2.75, 3.05) is 26.7 Å². The zero-order chi connectivity index (χ0) is 15.1. The predicted octanol–water partition coefficient (Wildman–Crippen LogP) is 3.99. The largest absolute Gasteiger partial charge is 0.315 e. The molecule has 1 unspecified atom stereocenters. The first-order valence-electron chi connectivity index (χ1n) is 8.34. The van der Waals surface area contributed by atoms with E-state index in [0.29, 0.717) is 0 Å². The number of benzene rings is 1. The maximum Gasteiger partial charge on any atom is 0.127 e. The fourth-order valence-electron chi connectivity index (χ4n) is 3.20. The Labute approximate surface area is 128 Å². The summed E-state index contributed by atoms with van der Waals surface area (Å²) in [7, 11) is 2.07. The smallest absolute Gasteiger partial charge is 0.127 e. The summed E-state index contributed by atoms with van der Waals surface area (Å²) in [5, 5.41) is 3.57. The lowest BCUT2D eigenvalue weighted by Gasteiger charge is -2.26. The molecule has 118 valence electrons. The Morgan fingerprint density at radius 1 is 1.24 bits per heavy atom. The van der Waals surface area contributed by atoms with E-state index in [9.17, 15) is 4.39 Å². The van der Waals surface area contributed by atoms with Crippen LogP contribution in [0, 0.1) is 11.7 Å². The Morgan fingerprint density at radius 2 is 1.95 bits per heavy atom. The van der Waals surface area contributed by atoms with Crippen molar-refractivity contribution < 1.29 is 4.39 Å². The van der Waals surface area contributed by atoms with E-state index in [1.165, 1.54) is 32.1 Å². The highest BCUT2D eigenvalue weighted by Gasteiger charge is 2.15. The van der Waals surface area contributed by atoms with E-state index < -0.39 is 0 Å². The lowest BCUT2D eigenvalue weighted by atomic mass is 9.89.